The molecule has 0 aromatic heterocycles. The largest absolute Gasteiger partial charge is 0.369 e. The SMILES string of the molecule is CCCC(C(N)=O)C(CC(C)C)C(=O)NC1C(=O)N(CC2CCCC2)c2ccccc2-c2ccccc21. The molecule has 0 radical (unpaired) electrons. The third-order valence-corrected chi connectivity index (χ3v) is 7.98. The van der Waals surface area contributed by atoms with Gasteiger partial charge in [0.2, 0.25) is 11.8 Å². The molecule has 0 spiro atoms. The zero-order chi connectivity index (χ0) is 26.5. The third kappa shape index (κ3) is 5.89. The Bertz CT molecular complexity index is 1120. The van der Waals surface area contributed by atoms with Crippen LogP contribution in [0.25, 0.3) is 11.1 Å². The van der Waals surface area contributed by atoms with Crippen molar-refractivity contribution in [3.63, 3.8) is 0 Å². The van der Waals surface area contributed by atoms with E-state index in [1.165, 1.54) is 12.8 Å². The van der Waals surface area contributed by atoms with Gasteiger partial charge in [-0.15, -0.1) is 0 Å². The fraction of sp³-hybridized carbons (Fsp3) is 0.516. The van der Waals surface area contributed by atoms with E-state index in [0.29, 0.717) is 25.3 Å². The Morgan fingerprint density at radius 3 is 2.30 bits per heavy atom. The van der Waals surface area contributed by atoms with Crippen LogP contribution in [-0.2, 0) is 14.4 Å². The van der Waals surface area contributed by atoms with Gasteiger partial charge in [0.05, 0.1) is 5.69 Å². The van der Waals surface area contributed by atoms with Crippen molar-refractivity contribution in [3.8, 4) is 11.1 Å². The Labute approximate surface area is 221 Å². The van der Waals surface area contributed by atoms with Crippen molar-refractivity contribution in [2.45, 2.75) is 71.8 Å². The first kappa shape index (κ1) is 26.9. The second-order valence-electron chi connectivity index (χ2n) is 11.2. The fourth-order valence-electron chi connectivity index (χ4n) is 6.18. The molecule has 198 valence electrons. The molecule has 1 aliphatic carbocycles. The Morgan fingerprint density at radius 1 is 1.00 bits per heavy atom. The summed E-state index contributed by atoms with van der Waals surface area (Å²) < 4.78 is 0. The number of nitrogens with zero attached hydrogens (tertiary/aromatic N) is 1. The topological polar surface area (TPSA) is 92.5 Å². The molecule has 2 aromatic rings. The first-order chi connectivity index (χ1) is 17.8. The smallest absolute Gasteiger partial charge is 0.254 e. The van der Waals surface area contributed by atoms with Crippen molar-refractivity contribution < 1.29 is 14.4 Å². The molecule has 2 aliphatic rings. The van der Waals surface area contributed by atoms with Gasteiger partial charge >= 0.3 is 0 Å². The van der Waals surface area contributed by atoms with Gasteiger partial charge in [-0.3, -0.25) is 14.4 Å². The van der Waals surface area contributed by atoms with E-state index in [4.69, 9.17) is 5.73 Å². The Balaban J connectivity index is 1.74. The Morgan fingerprint density at radius 2 is 1.65 bits per heavy atom. The summed E-state index contributed by atoms with van der Waals surface area (Å²) in [7, 11) is 0. The zero-order valence-corrected chi connectivity index (χ0v) is 22.4. The average molecular weight is 504 g/mol. The number of hydrogen-bond donors (Lipinski definition) is 2. The van der Waals surface area contributed by atoms with Crippen LogP contribution in [0.4, 0.5) is 5.69 Å². The number of para-hydroxylation sites is 1. The molecule has 2 aromatic carbocycles. The lowest BCUT2D eigenvalue weighted by Gasteiger charge is -2.31. The molecule has 3 unspecified atom stereocenters. The molecule has 3 amide bonds. The second-order valence-corrected chi connectivity index (χ2v) is 11.2. The third-order valence-electron chi connectivity index (χ3n) is 7.98. The van der Waals surface area contributed by atoms with Crippen molar-refractivity contribution in [2.24, 2.45) is 29.4 Å². The summed E-state index contributed by atoms with van der Waals surface area (Å²) in [5.41, 5.74) is 9.41. The maximum absolute atomic E-state index is 14.3. The minimum Gasteiger partial charge on any atom is -0.369 e. The quantitative estimate of drug-likeness (QED) is 0.441. The van der Waals surface area contributed by atoms with Crippen molar-refractivity contribution in [3.05, 3.63) is 54.1 Å². The molecule has 0 saturated heterocycles. The molecular weight excluding hydrogens is 462 g/mol. The van der Waals surface area contributed by atoms with Crippen LogP contribution >= 0.6 is 0 Å². The van der Waals surface area contributed by atoms with E-state index in [0.717, 1.165) is 41.6 Å². The van der Waals surface area contributed by atoms with Crippen molar-refractivity contribution in [1.82, 2.24) is 5.32 Å². The molecule has 6 heteroatoms. The maximum Gasteiger partial charge on any atom is 0.254 e. The van der Waals surface area contributed by atoms with Gasteiger partial charge in [-0.2, -0.15) is 0 Å². The number of primary amides is 1. The lowest BCUT2D eigenvalue weighted by Crippen LogP contribution is -2.47. The summed E-state index contributed by atoms with van der Waals surface area (Å²) in [6.45, 7) is 6.71. The van der Waals surface area contributed by atoms with Gasteiger partial charge in [-0.05, 0) is 54.7 Å². The Hall–Kier alpha value is -3.15. The maximum atomic E-state index is 14.3. The Kier molecular flexibility index (Phi) is 8.67. The normalized spacial score (nSPS) is 19.2. The molecule has 3 N–H and O–H groups in total. The van der Waals surface area contributed by atoms with Crippen LogP contribution in [0.1, 0.15) is 77.3 Å². The molecule has 37 heavy (non-hydrogen) atoms. The number of benzene rings is 2. The van der Waals surface area contributed by atoms with E-state index in [9.17, 15) is 14.4 Å². The molecule has 1 heterocycles. The second kappa shape index (κ2) is 11.9. The van der Waals surface area contributed by atoms with Crippen LogP contribution in [0.2, 0.25) is 0 Å². The van der Waals surface area contributed by atoms with Crippen LogP contribution in [-0.4, -0.2) is 24.3 Å². The van der Waals surface area contributed by atoms with E-state index in [1.54, 1.807) is 0 Å². The number of nitrogens with one attached hydrogen (secondary N) is 1. The van der Waals surface area contributed by atoms with E-state index in [2.05, 4.69) is 11.4 Å². The summed E-state index contributed by atoms with van der Waals surface area (Å²) >= 11 is 0. The van der Waals surface area contributed by atoms with Gasteiger partial charge < -0.3 is 16.0 Å². The minimum absolute atomic E-state index is 0.118. The lowest BCUT2D eigenvalue weighted by molar-refractivity contribution is -0.136. The van der Waals surface area contributed by atoms with Crippen LogP contribution in [0, 0.1) is 23.7 Å². The summed E-state index contributed by atoms with van der Waals surface area (Å²) in [6, 6.07) is 15.0. The molecule has 1 aliphatic heterocycles. The highest BCUT2D eigenvalue weighted by atomic mass is 16.2. The van der Waals surface area contributed by atoms with Gasteiger partial charge in [0, 0.05) is 23.9 Å². The molecule has 1 saturated carbocycles. The highest BCUT2D eigenvalue weighted by Gasteiger charge is 2.39. The summed E-state index contributed by atoms with van der Waals surface area (Å²) in [5, 5.41) is 3.12. The van der Waals surface area contributed by atoms with Gasteiger partial charge in [0.15, 0.2) is 0 Å². The zero-order valence-electron chi connectivity index (χ0n) is 22.4. The number of anilines is 1. The predicted molar refractivity (Wildman–Crippen MR) is 148 cm³/mol. The highest BCUT2D eigenvalue weighted by Crippen LogP contribution is 2.41. The fourth-order valence-corrected chi connectivity index (χ4v) is 6.18. The molecule has 4 rings (SSSR count). The summed E-state index contributed by atoms with van der Waals surface area (Å²) in [5.74, 6) is -1.33. The van der Waals surface area contributed by atoms with E-state index >= 15 is 0 Å². The van der Waals surface area contributed by atoms with E-state index < -0.39 is 23.8 Å². The van der Waals surface area contributed by atoms with Crippen LogP contribution in [0.5, 0.6) is 0 Å². The lowest BCUT2D eigenvalue weighted by atomic mass is 9.81. The summed E-state index contributed by atoms with van der Waals surface area (Å²) in [4.78, 5) is 42.4. The molecular formula is C31H41N3O3. The average Bonchev–Trinajstić information content (AvgIpc) is 3.37. The van der Waals surface area contributed by atoms with E-state index in [1.807, 2.05) is 68.1 Å². The van der Waals surface area contributed by atoms with Crippen LogP contribution < -0.4 is 16.0 Å². The standard InChI is InChI=1S/C31H41N3O3/c1-4-11-25(29(32)35)26(18-20(2)3)30(36)33-28-24-16-8-7-14-22(24)23-15-9-10-17-27(23)34(31(28)37)19-21-12-5-6-13-21/h7-10,14-17,20-21,25-26,28H,4-6,11-13,18-19H2,1-3H3,(H2,32,35)(H,33,36). The van der Waals surface area contributed by atoms with Crippen LogP contribution in [0.3, 0.4) is 0 Å². The van der Waals surface area contributed by atoms with Crippen molar-refractivity contribution in [2.75, 3.05) is 11.4 Å². The number of carbonyl (C=O) groups is 3. The molecule has 1 fully saturated rings. The molecule has 0 bridgehead atoms. The number of fused-ring (bicyclic) bond motifs is 3. The van der Waals surface area contributed by atoms with Gasteiger partial charge in [0.1, 0.15) is 6.04 Å². The minimum atomic E-state index is -0.831. The number of carbonyl (C=O) groups excluding carboxylic acids is 3. The molecule has 6 nitrogen and oxygen atoms in total. The van der Waals surface area contributed by atoms with Crippen LogP contribution in [0.15, 0.2) is 48.5 Å². The summed E-state index contributed by atoms with van der Waals surface area (Å²) in [6.07, 6.45) is 6.45. The van der Waals surface area contributed by atoms with E-state index in [-0.39, 0.29) is 17.7 Å². The number of amides is 3. The first-order valence-electron chi connectivity index (χ1n) is 13.9. The number of nitrogens with two attached hydrogens (primary N) is 1. The van der Waals surface area contributed by atoms with Crippen molar-refractivity contribution in [1.29, 1.82) is 0 Å². The predicted octanol–water partition coefficient (Wildman–Crippen LogP) is 5.61. The first-order valence-corrected chi connectivity index (χ1v) is 13.9. The van der Waals surface area contributed by atoms with Gasteiger partial charge in [-0.1, -0.05) is 82.5 Å². The van der Waals surface area contributed by atoms with Gasteiger partial charge in [-0.25, -0.2) is 0 Å². The number of hydrogen-bond acceptors (Lipinski definition) is 3. The molecule has 3 atom stereocenters. The highest BCUT2D eigenvalue weighted by molar-refractivity contribution is 6.06. The van der Waals surface area contributed by atoms with Gasteiger partial charge in [0.25, 0.3) is 5.91 Å². The van der Waals surface area contributed by atoms with Crippen molar-refractivity contribution >= 4 is 23.4 Å². The number of rotatable bonds is 10. The monoisotopic (exact) mass is 503 g/mol.